The fourth-order valence-electron chi connectivity index (χ4n) is 1.52. The Morgan fingerprint density at radius 2 is 2.18 bits per heavy atom. The predicted molar refractivity (Wildman–Crippen MR) is 64.7 cm³/mol. The summed E-state index contributed by atoms with van der Waals surface area (Å²) in [7, 11) is 1.56. The van der Waals surface area contributed by atoms with Gasteiger partial charge >= 0.3 is 0 Å². The standard InChI is InChI=1S/C11H12N4O2/c1-17-9-5-3-2-4-7(9)8-6-10(16)14-11(13-8)15-12/h2-6H,12H2,1H3,(H2,13,14,15,16). The summed E-state index contributed by atoms with van der Waals surface area (Å²) in [6.45, 7) is 0. The van der Waals surface area contributed by atoms with Crippen LogP contribution in [0.2, 0.25) is 0 Å². The number of rotatable bonds is 3. The number of nitrogens with one attached hydrogen (secondary N) is 2. The Kier molecular flexibility index (Phi) is 3.06. The highest BCUT2D eigenvalue weighted by Gasteiger charge is 2.08. The van der Waals surface area contributed by atoms with Gasteiger partial charge in [-0.05, 0) is 12.1 Å². The molecule has 0 bridgehead atoms. The second-order valence-corrected chi connectivity index (χ2v) is 3.32. The molecule has 2 rings (SSSR count). The molecule has 1 heterocycles. The quantitative estimate of drug-likeness (QED) is 0.536. The predicted octanol–water partition coefficient (Wildman–Crippen LogP) is 0.731. The summed E-state index contributed by atoms with van der Waals surface area (Å²) in [4.78, 5) is 18.0. The number of para-hydroxylation sites is 1. The van der Waals surface area contributed by atoms with Crippen molar-refractivity contribution < 1.29 is 4.74 Å². The van der Waals surface area contributed by atoms with Gasteiger partial charge in [-0.25, -0.2) is 10.8 Å². The number of hydrogen-bond donors (Lipinski definition) is 3. The van der Waals surface area contributed by atoms with Crippen molar-refractivity contribution in [2.24, 2.45) is 5.84 Å². The fraction of sp³-hybridized carbons (Fsp3) is 0.0909. The van der Waals surface area contributed by atoms with E-state index in [4.69, 9.17) is 10.6 Å². The first-order valence-corrected chi connectivity index (χ1v) is 4.96. The van der Waals surface area contributed by atoms with Gasteiger partial charge in [-0.15, -0.1) is 0 Å². The number of ether oxygens (including phenoxy) is 1. The van der Waals surface area contributed by atoms with Gasteiger partial charge in [0.05, 0.1) is 12.8 Å². The lowest BCUT2D eigenvalue weighted by Gasteiger charge is -2.08. The van der Waals surface area contributed by atoms with Crippen molar-refractivity contribution in [1.82, 2.24) is 9.97 Å². The van der Waals surface area contributed by atoms with Gasteiger partial charge in [-0.3, -0.25) is 15.2 Å². The summed E-state index contributed by atoms with van der Waals surface area (Å²) in [5.74, 6) is 6.08. The summed E-state index contributed by atoms with van der Waals surface area (Å²) < 4.78 is 5.21. The SMILES string of the molecule is COc1ccccc1-c1cc(=O)[nH]c(NN)n1. The molecule has 0 radical (unpaired) electrons. The summed E-state index contributed by atoms with van der Waals surface area (Å²) in [5.41, 5.74) is 3.26. The zero-order chi connectivity index (χ0) is 12.3. The van der Waals surface area contributed by atoms with Gasteiger partial charge in [-0.2, -0.15) is 0 Å². The number of nitrogen functional groups attached to an aromatic ring is 1. The van der Waals surface area contributed by atoms with Gasteiger partial charge in [0, 0.05) is 11.6 Å². The van der Waals surface area contributed by atoms with Crippen LogP contribution in [0.3, 0.4) is 0 Å². The summed E-state index contributed by atoms with van der Waals surface area (Å²) >= 11 is 0. The zero-order valence-corrected chi connectivity index (χ0v) is 9.23. The number of hydrogen-bond acceptors (Lipinski definition) is 5. The third kappa shape index (κ3) is 2.26. The minimum absolute atomic E-state index is 0.207. The van der Waals surface area contributed by atoms with Crippen molar-refractivity contribution in [3.63, 3.8) is 0 Å². The molecule has 1 aromatic heterocycles. The van der Waals surface area contributed by atoms with Crippen molar-refractivity contribution in [2.45, 2.75) is 0 Å². The Morgan fingerprint density at radius 1 is 1.41 bits per heavy atom. The highest BCUT2D eigenvalue weighted by molar-refractivity contribution is 5.67. The van der Waals surface area contributed by atoms with E-state index < -0.39 is 0 Å². The Balaban J connectivity index is 2.59. The van der Waals surface area contributed by atoms with Crippen LogP contribution < -0.4 is 21.6 Å². The van der Waals surface area contributed by atoms with Crippen molar-refractivity contribution >= 4 is 5.95 Å². The largest absolute Gasteiger partial charge is 0.496 e. The molecule has 0 spiro atoms. The van der Waals surface area contributed by atoms with Crippen molar-refractivity contribution in [2.75, 3.05) is 12.5 Å². The van der Waals surface area contributed by atoms with Crippen LogP contribution in [0, 0.1) is 0 Å². The highest BCUT2D eigenvalue weighted by Crippen LogP contribution is 2.27. The molecule has 0 atom stereocenters. The number of benzene rings is 1. The molecule has 4 N–H and O–H groups in total. The zero-order valence-electron chi connectivity index (χ0n) is 9.23. The van der Waals surface area contributed by atoms with Crippen molar-refractivity contribution in [3.8, 4) is 17.0 Å². The Hall–Kier alpha value is -2.34. The van der Waals surface area contributed by atoms with Crippen LogP contribution in [-0.2, 0) is 0 Å². The van der Waals surface area contributed by atoms with E-state index in [1.54, 1.807) is 13.2 Å². The molecule has 0 amide bonds. The van der Waals surface area contributed by atoms with E-state index >= 15 is 0 Å². The third-order valence-corrected chi connectivity index (χ3v) is 2.26. The third-order valence-electron chi connectivity index (χ3n) is 2.26. The van der Waals surface area contributed by atoms with Crippen molar-refractivity contribution in [1.29, 1.82) is 0 Å². The molecule has 6 heteroatoms. The van der Waals surface area contributed by atoms with Gasteiger partial charge < -0.3 is 4.74 Å². The minimum atomic E-state index is -0.283. The first-order valence-electron chi connectivity index (χ1n) is 4.96. The highest BCUT2D eigenvalue weighted by atomic mass is 16.5. The molecular formula is C11H12N4O2. The normalized spacial score (nSPS) is 10.0. The van der Waals surface area contributed by atoms with Crippen LogP contribution in [0.15, 0.2) is 35.1 Å². The number of nitrogens with zero attached hydrogens (tertiary/aromatic N) is 1. The number of aromatic nitrogens is 2. The van der Waals surface area contributed by atoms with Crippen LogP contribution in [0.1, 0.15) is 0 Å². The lowest BCUT2D eigenvalue weighted by atomic mass is 10.1. The van der Waals surface area contributed by atoms with Crippen LogP contribution >= 0.6 is 0 Å². The molecule has 0 aliphatic rings. The topological polar surface area (TPSA) is 93.0 Å². The van der Waals surface area contributed by atoms with Crippen LogP contribution in [-0.4, -0.2) is 17.1 Å². The molecule has 0 saturated heterocycles. The molecule has 88 valence electrons. The molecule has 0 aliphatic carbocycles. The number of methoxy groups -OCH3 is 1. The van der Waals surface area contributed by atoms with Crippen LogP contribution in [0.4, 0.5) is 5.95 Å². The molecule has 0 fully saturated rings. The summed E-state index contributed by atoms with van der Waals surface area (Å²) in [5, 5.41) is 0. The number of aromatic amines is 1. The number of hydrazine groups is 1. The van der Waals surface area contributed by atoms with Gasteiger partial charge in [-0.1, -0.05) is 12.1 Å². The van der Waals surface area contributed by atoms with Gasteiger partial charge in [0.25, 0.3) is 5.56 Å². The minimum Gasteiger partial charge on any atom is -0.496 e. The second kappa shape index (κ2) is 4.67. The smallest absolute Gasteiger partial charge is 0.252 e. The Morgan fingerprint density at radius 3 is 2.88 bits per heavy atom. The van der Waals surface area contributed by atoms with Gasteiger partial charge in [0.15, 0.2) is 0 Å². The van der Waals surface area contributed by atoms with E-state index in [1.807, 2.05) is 18.2 Å². The Labute approximate surface area is 97.4 Å². The maximum absolute atomic E-state index is 11.4. The molecular weight excluding hydrogens is 220 g/mol. The molecule has 0 unspecified atom stereocenters. The molecule has 6 nitrogen and oxygen atoms in total. The van der Waals surface area contributed by atoms with Gasteiger partial charge in [0.2, 0.25) is 5.95 Å². The average molecular weight is 232 g/mol. The molecule has 0 saturated carbocycles. The molecule has 17 heavy (non-hydrogen) atoms. The van der Waals surface area contributed by atoms with E-state index in [2.05, 4.69) is 15.4 Å². The van der Waals surface area contributed by atoms with E-state index in [0.717, 1.165) is 5.56 Å². The fourth-order valence-corrected chi connectivity index (χ4v) is 1.52. The lowest BCUT2D eigenvalue weighted by Crippen LogP contribution is -2.16. The number of H-pyrrole nitrogens is 1. The van der Waals surface area contributed by atoms with Crippen LogP contribution in [0.5, 0.6) is 5.75 Å². The maximum Gasteiger partial charge on any atom is 0.252 e. The Bertz CT molecular complexity index is 580. The first kappa shape index (κ1) is 11.2. The van der Waals surface area contributed by atoms with E-state index in [1.165, 1.54) is 6.07 Å². The van der Waals surface area contributed by atoms with Gasteiger partial charge in [0.1, 0.15) is 5.75 Å². The summed E-state index contributed by atoms with van der Waals surface area (Å²) in [6.07, 6.45) is 0. The first-order chi connectivity index (χ1) is 8.24. The lowest BCUT2D eigenvalue weighted by molar-refractivity contribution is 0.416. The monoisotopic (exact) mass is 232 g/mol. The number of nitrogens with two attached hydrogens (primary N) is 1. The number of anilines is 1. The maximum atomic E-state index is 11.4. The van der Waals surface area contributed by atoms with Crippen molar-refractivity contribution in [3.05, 3.63) is 40.7 Å². The second-order valence-electron chi connectivity index (χ2n) is 3.32. The van der Waals surface area contributed by atoms with E-state index in [9.17, 15) is 4.79 Å². The van der Waals surface area contributed by atoms with E-state index in [-0.39, 0.29) is 11.5 Å². The van der Waals surface area contributed by atoms with E-state index in [0.29, 0.717) is 11.4 Å². The average Bonchev–Trinajstić information content (AvgIpc) is 2.37. The molecule has 2 aromatic rings. The molecule has 0 aliphatic heterocycles. The summed E-state index contributed by atoms with van der Waals surface area (Å²) in [6, 6.07) is 8.70. The molecule has 1 aromatic carbocycles. The van der Waals surface area contributed by atoms with Crippen LogP contribution in [0.25, 0.3) is 11.3 Å².